The standard InChI is InChI=1S/C15H26N2O4/c1-20-15(19)5-6-16-7-9-17(10-8-16)14(18)12-13-4-2-3-11-21-13/h13H,2-12H2,1H3. The van der Waals surface area contributed by atoms with E-state index in [0.717, 1.165) is 45.6 Å². The van der Waals surface area contributed by atoms with Crippen molar-refractivity contribution in [3.05, 3.63) is 0 Å². The normalized spacial score (nSPS) is 23.9. The molecule has 120 valence electrons. The van der Waals surface area contributed by atoms with Gasteiger partial charge in [0.05, 0.1) is 26.1 Å². The van der Waals surface area contributed by atoms with E-state index in [1.165, 1.54) is 13.5 Å². The van der Waals surface area contributed by atoms with Crippen molar-refractivity contribution < 1.29 is 19.1 Å². The van der Waals surface area contributed by atoms with Gasteiger partial charge in [-0.2, -0.15) is 0 Å². The van der Waals surface area contributed by atoms with E-state index in [9.17, 15) is 9.59 Å². The number of amides is 1. The second-order valence-electron chi connectivity index (χ2n) is 5.74. The van der Waals surface area contributed by atoms with Crippen LogP contribution in [0.1, 0.15) is 32.1 Å². The molecule has 2 heterocycles. The van der Waals surface area contributed by atoms with E-state index < -0.39 is 0 Å². The molecular weight excluding hydrogens is 272 g/mol. The van der Waals surface area contributed by atoms with Crippen LogP contribution >= 0.6 is 0 Å². The van der Waals surface area contributed by atoms with Crippen LogP contribution in [0.25, 0.3) is 0 Å². The van der Waals surface area contributed by atoms with Crippen LogP contribution < -0.4 is 0 Å². The molecule has 0 aromatic heterocycles. The summed E-state index contributed by atoms with van der Waals surface area (Å²) < 4.78 is 10.3. The van der Waals surface area contributed by atoms with E-state index in [-0.39, 0.29) is 18.0 Å². The quantitative estimate of drug-likeness (QED) is 0.698. The lowest BCUT2D eigenvalue weighted by atomic mass is 10.1. The van der Waals surface area contributed by atoms with Gasteiger partial charge in [0.2, 0.25) is 5.91 Å². The van der Waals surface area contributed by atoms with Crippen molar-refractivity contribution in [3.8, 4) is 0 Å². The maximum absolute atomic E-state index is 12.2. The zero-order chi connectivity index (χ0) is 15.1. The molecule has 1 atom stereocenters. The average molecular weight is 298 g/mol. The number of hydrogen-bond donors (Lipinski definition) is 0. The fourth-order valence-corrected chi connectivity index (χ4v) is 2.86. The van der Waals surface area contributed by atoms with Crippen LogP contribution in [0, 0.1) is 0 Å². The van der Waals surface area contributed by atoms with Crippen LogP contribution in [0.15, 0.2) is 0 Å². The van der Waals surface area contributed by atoms with Gasteiger partial charge in [-0.3, -0.25) is 14.5 Å². The third-order valence-corrected chi connectivity index (χ3v) is 4.26. The van der Waals surface area contributed by atoms with Crippen LogP contribution in [-0.4, -0.2) is 74.2 Å². The Bertz CT molecular complexity index is 348. The van der Waals surface area contributed by atoms with Gasteiger partial charge in [0.1, 0.15) is 0 Å². The highest BCUT2D eigenvalue weighted by Crippen LogP contribution is 2.17. The molecular formula is C15H26N2O4. The van der Waals surface area contributed by atoms with Gasteiger partial charge in [-0.25, -0.2) is 0 Å². The molecule has 0 spiro atoms. The van der Waals surface area contributed by atoms with Crippen LogP contribution in [0.3, 0.4) is 0 Å². The number of piperazine rings is 1. The van der Waals surface area contributed by atoms with Gasteiger partial charge in [0.15, 0.2) is 0 Å². The Hall–Kier alpha value is -1.14. The lowest BCUT2D eigenvalue weighted by molar-refractivity contribution is -0.142. The first-order valence-corrected chi connectivity index (χ1v) is 7.87. The largest absolute Gasteiger partial charge is 0.469 e. The summed E-state index contributed by atoms with van der Waals surface area (Å²) in [5.41, 5.74) is 0. The van der Waals surface area contributed by atoms with Gasteiger partial charge in [-0.05, 0) is 19.3 Å². The zero-order valence-corrected chi connectivity index (χ0v) is 12.9. The van der Waals surface area contributed by atoms with E-state index in [1.54, 1.807) is 0 Å². The zero-order valence-electron chi connectivity index (χ0n) is 12.9. The number of methoxy groups -OCH3 is 1. The summed E-state index contributed by atoms with van der Waals surface area (Å²) in [6.07, 6.45) is 4.33. The lowest BCUT2D eigenvalue weighted by Gasteiger charge is -2.35. The molecule has 0 aromatic rings. The van der Waals surface area contributed by atoms with Gasteiger partial charge in [-0.1, -0.05) is 0 Å². The highest BCUT2D eigenvalue weighted by Gasteiger charge is 2.25. The Labute approximate surface area is 126 Å². The van der Waals surface area contributed by atoms with Crippen molar-refractivity contribution in [1.29, 1.82) is 0 Å². The maximum atomic E-state index is 12.2. The van der Waals surface area contributed by atoms with Crippen molar-refractivity contribution in [1.82, 2.24) is 9.80 Å². The van der Waals surface area contributed by atoms with Crippen molar-refractivity contribution in [2.45, 2.75) is 38.2 Å². The summed E-state index contributed by atoms with van der Waals surface area (Å²) in [6, 6.07) is 0. The predicted octanol–water partition coefficient (Wildman–Crippen LogP) is 0.653. The number of ether oxygens (including phenoxy) is 2. The minimum Gasteiger partial charge on any atom is -0.469 e. The molecule has 2 aliphatic heterocycles. The molecule has 0 saturated carbocycles. The molecule has 0 N–H and O–H groups in total. The Morgan fingerprint density at radius 1 is 1.19 bits per heavy atom. The molecule has 0 aliphatic carbocycles. The van der Waals surface area contributed by atoms with E-state index in [1.807, 2.05) is 4.90 Å². The van der Waals surface area contributed by atoms with Gasteiger partial charge in [0.25, 0.3) is 0 Å². The van der Waals surface area contributed by atoms with Crippen molar-refractivity contribution in [3.63, 3.8) is 0 Å². The molecule has 2 saturated heterocycles. The van der Waals surface area contributed by atoms with Crippen molar-refractivity contribution in [2.75, 3.05) is 46.4 Å². The summed E-state index contributed by atoms with van der Waals surface area (Å²) in [5.74, 6) is 0.0254. The van der Waals surface area contributed by atoms with Crippen LogP contribution in [0.5, 0.6) is 0 Å². The van der Waals surface area contributed by atoms with Crippen molar-refractivity contribution in [2.24, 2.45) is 0 Å². The average Bonchev–Trinajstić information content (AvgIpc) is 2.54. The molecule has 21 heavy (non-hydrogen) atoms. The summed E-state index contributed by atoms with van der Waals surface area (Å²) in [6.45, 7) is 4.64. The monoisotopic (exact) mass is 298 g/mol. The fraction of sp³-hybridized carbons (Fsp3) is 0.867. The smallest absolute Gasteiger partial charge is 0.306 e. The first kappa shape index (κ1) is 16.2. The second kappa shape index (κ2) is 8.34. The molecule has 0 aromatic carbocycles. The topological polar surface area (TPSA) is 59.1 Å². The minimum atomic E-state index is -0.178. The number of carbonyl (C=O) groups is 2. The molecule has 2 fully saturated rings. The molecule has 0 radical (unpaired) electrons. The third-order valence-electron chi connectivity index (χ3n) is 4.26. The summed E-state index contributed by atoms with van der Waals surface area (Å²) in [5, 5.41) is 0. The predicted molar refractivity (Wildman–Crippen MR) is 77.9 cm³/mol. The first-order valence-electron chi connectivity index (χ1n) is 7.87. The number of nitrogens with zero attached hydrogens (tertiary/aromatic N) is 2. The molecule has 2 rings (SSSR count). The minimum absolute atomic E-state index is 0.114. The number of esters is 1. The van der Waals surface area contributed by atoms with E-state index in [4.69, 9.17) is 4.74 Å². The number of carbonyl (C=O) groups excluding carboxylic acids is 2. The molecule has 6 nitrogen and oxygen atoms in total. The van der Waals surface area contributed by atoms with E-state index in [0.29, 0.717) is 19.4 Å². The molecule has 1 unspecified atom stereocenters. The third kappa shape index (κ3) is 5.28. The van der Waals surface area contributed by atoms with Crippen molar-refractivity contribution >= 4 is 11.9 Å². The Morgan fingerprint density at radius 3 is 2.57 bits per heavy atom. The Morgan fingerprint density at radius 2 is 1.95 bits per heavy atom. The highest BCUT2D eigenvalue weighted by molar-refractivity contribution is 5.76. The van der Waals surface area contributed by atoms with Gasteiger partial charge in [-0.15, -0.1) is 0 Å². The molecule has 2 aliphatic rings. The van der Waals surface area contributed by atoms with Crippen LogP contribution in [0.2, 0.25) is 0 Å². The SMILES string of the molecule is COC(=O)CCN1CCN(C(=O)CC2CCCCO2)CC1. The first-order chi connectivity index (χ1) is 10.2. The van der Waals surface area contributed by atoms with E-state index >= 15 is 0 Å². The van der Waals surface area contributed by atoms with Gasteiger partial charge < -0.3 is 14.4 Å². The molecule has 0 bridgehead atoms. The second-order valence-corrected chi connectivity index (χ2v) is 5.74. The summed E-state index contributed by atoms with van der Waals surface area (Å²) >= 11 is 0. The van der Waals surface area contributed by atoms with Gasteiger partial charge in [0, 0.05) is 39.3 Å². The number of hydrogen-bond acceptors (Lipinski definition) is 5. The van der Waals surface area contributed by atoms with Crippen LogP contribution in [-0.2, 0) is 19.1 Å². The fourth-order valence-electron chi connectivity index (χ4n) is 2.86. The lowest BCUT2D eigenvalue weighted by Crippen LogP contribution is -2.49. The Balaban J connectivity index is 1.65. The van der Waals surface area contributed by atoms with Gasteiger partial charge >= 0.3 is 5.97 Å². The Kier molecular flexibility index (Phi) is 6.45. The number of rotatable bonds is 5. The molecule has 6 heteroatoms. The summed E-state index contributed by atoms with van der Waals surface area (Å²) in [4.78, 5) is 27.5. The molecule has 1 amide bonds. The van der Waals surface area contributed by atoms with Crippen LogP contribution in [0.4, 0.5) is 0 Å². The maximum Gasteiger partial charge on any atom is 0.306 e. The highest BCUT2D eigenvalue weighted by atomic mass is 16.5. The van der Waals surface area contributed by atoms with E-state index in [2.05, 4.69) is 9.64 Å². The summed E-state index contributed by atoms with van der Waals surface area (Å²) in [7, 11) is 1.41.